The zero-order chi connectivity index (χ0) is 22.0. The average molecular weight is 437 g/mol. The third-order valence-electron chi connectivity index (χ3n) is 6.58. The van der Waals surface area contributed by atoms with E-state index in [2.05, 4.69) is 0 Å². The number of nitrogens with zero attached hydrogens (tertiary/aromatic N) is 2. The molecule has 0 bridgehead atoms. The molecule has 31 heavy (non-hydrogen) atoms. The number of methoxy groups -OCH3 is 1. The van der Waals surface area contributed by atoms with Crippen LogP contribution in [0.3, 0.4) is 0 Å². The fourth-order valence-corrected chi connectivity index (χ4v) is 5.40. The molecule has 3 heterocycles. The molecule has 7 heteroatoms. The molecule has 3 aliphatic heterocycles. The Labute approximate surface area is 185 Å². The van der Waals surface area contributed by atoms with E-state index >= 15 is 0 Å². The van der Waals surface area contributed by atoms with Crippen molar-refractivity contribution in [1.29, 1.82) is 0 Å². The van der Waals surface area contributed by atoms with Crippen LogP contribution in [0.5, 0.6) is 5.75 Å². The number of Topliss-reactive ketones (excluding diaryl/α,β-unsaturated/α-hetero) is 1. The second-order valence-electron chi connectivity index (χ2n) is 8.23. The van der Waals surface area contributed by atoms with Gasteiger partial charge >= 0.3 is 0 Å². The molecule has 2 fully saturated rings. The second-order valence-corrected chi connectivity index (χ2v) is 8.64. The third kappa shape index (κ3) is 2.67. The van der Waals surface area contributed by atoms with Crippen LogP contribution in [0.15, 0.2) is 42.6 Å². The van der Waals surface area contributed by atoms with Crippen molar-refractivity contribution in [3.63, 3.8) is 0 Å². The molecular weight excluding hydrogens is 416 g/mol. The average Bonchev–Trinajstić information content (AvgIpc) is 3.23. The first-order valence-corrected chi connectivity index (χ1v) is 10.5. The first-order valence-electron chi connectivity index (χ1n) is 10.1. The van der Waals surface area contributed by atoms with Gasteiger partial charge in [-0.2, -0.15) is 0 Å². The number of benzene rings is 2. The highest BCUT2D eigenvalue weighted by Crippen LogP contribution is 2.54. The second kappa shape index (κ2) is 6.95. The molecule has 2 aromatic rings. The smallest absolute Gasteiger partial charge is 0.240 e. The highest BCUT2D eigenvalue weighted by Gasteiger charge is 2.64. The monoisotopic (exact) mass is 436 g/mol. The molecule has 0 aliphatic carbocycles. The van der Waals surface area contributed by atoms with E-state index in [0.717, 1.165) is 16.7 Å². The molecule has 2 amide bonds. The lowest BCUT2D eigenvalue weighted by atomic mass is 9.84. The van der Waals surface area contributed by atoms with Crippen molar-refractivity contribution in [2.45, 2.75) is 25.9 Å². The fraction of sp³-hybridized carbons (Fsp3) is 0.292. The van der Waals surface area contributed by atoms with Crippen molar-refractivity contribution in [2.24, 2.45) is 11.8 Å². The molecule has 5 rings (SSSR count). The lowest BCUT2D eigenvalue weighted by Gasteiger charge is -2.35. The van der Waals surface area contributed by atoms with Gasteiger partial charge in [0.1, 0.15) is 5.75 Å². The zero-order valence-corrected chi connectivity index (χ0v) is 18.1. The van der Waals surface area contributed by atoms with Crippen LogP contribution in [0.2, 0.25) is 5.02 Å². The number of ether oxygens (including phenoxy) is 1. The summed E-state index contributed by atoms with van der Waals surface area (Å²) in [5, 5.41) is 0.485. The molecular formula is C24H21ClN2O4. The quantitative estimate of drug-likeness (QED) is 0.685. The van der Waals surface area contributed by atoms with Crippen molar-refractivity contribution in [3.05, 3.63) is 64.3 Å². The van der Waals surface area contributed by atoms with Crippen LogP contribution >= 0.6 is 11.6 Å². The number of imide groups is 1. The maximum atomic E-state index is 13.7. The summed E-state index contributed by atoms with van der Waals surface area (Å²) in [5.74, 6) is -1.91. The number of anilines is 1. The van der Waals surface area contributed by atoms with Gasteiger partial charge in [0.25, 0.3) is 0 Å². The molecule has 0 radical (unpaired) electrons. The number of aryl methyl sites for hydroxylation is 1. The Morgan fingerprint density at radius 2 is 1.81 bits per heavy atom. The minimum Gasteiger partial charge on any atom is -0.495 e. The van der Waals surface area contributed by atoms with Crippen LogP contribution in [-0.2, 0) is 14.4 Å². The predicted molar refractivity (Wildman–Crippen MR) is 117 cm³/mol. The Balaban J connectivity index is 1.67. The maximum absolute atomic E-state index is 13.7. The summed E-state index contributed by atoms with van der Waals surface area (Å²) in [4.78, 5) is 43.1. The number of ketones is 1. The van der Waals surface area contributed by atoms with Crippen LogP contribution in [0.25, 0.3) is 6.08 Å². The topological polar surface area (TPSA) is 66.9 Å². The van der Waals surface area contributed by atoms with Gasteiger partial charge in [0.2, 0.25) is 11.8 Å². The maximum Gasteiger partial charge on any atom is 0.240 e. The minimum atomic E-state index is -0.758. The lowest BCUT2D eigenvalue weighted by molar-refractivity contribution is -0.129. The van der Waals surface area contributed by atoms with E-state index in [-0.39, 0.29) is 23.6 Å². The molecule has 0 aromatic heterocycles. The number of rotatable bonds is 3. The van der Waals surface area contributed by atoms with Crippen molar-refractivity contribution < 1.29 is 19.1 Å². The van der Waals surface area contributed by atoms with Gasteiger partial charge < -0.3 is 9.64 Å². The summed E-state index contributed by atoms with van der Waals surface area (Å²) < 4.78 is 5.43. The molecule has 0 N–H and O–H groups in total. The Hall–Kier alpha value is -3.12. The van der Waals surface area contributed by atoms with Gasteiger partial charge in [-0.3, -0.25) is 14.4 Å². The van der Waals surface area contributed by atoms with Gasteiger partial charge in [-0.1, -0.05) is 35.9 Å². The van der Waals surface area contributed by atoms with Crippen molar-refractivity contribution in [2.75, 3.05) is 12.0 Å². The van der Waals surface area contributed by atoms with E-state index in [9.17, 15) is 14.4 Å². The molecule has 4 atom stereocenters. The highest BCUT2D eigenvalue weighted by atomic mass is 35.5. The van der Waals surface area contributed by atoms with Crippen molar-refractivity contribution >= 4 is 41.0 Å². The molecule has 3 aliphatic rings. The van der Waals surface area contributed by atoms with Gasteiger partial charge in [0.05, 0.1) is 36.7 Å². The summed E-state index contributed by atoms with van der Waals surface area (Å²) in [5.41, 5.74) is 3.03. The van der Waals surface area contributed by atoms with Crippen LogP contribution in [-0.4, -0.2) is 35.6 Å². The Morgan fingerprint density at radius 3 is 2.52 bits per heavy atom. The van der Waals surface area contributed by atoms with Crippen LogP contribution in [0.1, 0.15) is 29.7 Å². The van der Waals surface area contributed by atoms with E-state index in [1.807, 2.05) is 41.4 Å². The third-order valence-corrected chi connectivity index (χ3v) is 6.99. The van der Waals surface area contributed by atoms with Crippen LogP contribution in [0.4, 0.5) is 5.69 Å². The Kier molecular flexibility index (Phi) is 4.45. The van der Waals surface area contributed by atoms with E-state index in [1.54, 1.807) is 19.1 Å². The largest absolute Gasteiger partial charge is 0.495 e. The normalized spacial score (nSPS) is 26.1. The number of fused-ring (bicyclic) bond motifs is 5. The number of hydrogen-bond acceptors (Lipinski definition) is 5. The van der Waals surface area contributed by atoms with Crippen molar-refractivity contribution in [3.8, 4) is 5.75 Å². The van der Waals surface area contributed by atoms with E-state index < -0.39 is 17.9 Å². The molecule has 0 spiro atoms. The first kappa shape index (κ1) is 19.8. The van der Waals surface area contributed by atoms with E-state index in [4.69, 9.17) is 16.3 Å². The fourth-order valence-electron chi connectivity index (χ4n) is 5.25. The van der Waals surface area contributed by atoms with Gasteiger partial charge in [-0.15, -0.1) is 0 Å². The van der Waals surface area contributed by atoms with Crippen LogP contribution in [0, 0.1) is 18.8 Å². The Morgan fingerprint density at radius 1 is 1.10 bits per heavy atom. The van der Waals surface area contributed by atoms with Gasteiger partial charge in [-0.05, 0) is 42.7 Å². The number of halogens is 1. The molecule has 6 nitrogen and oxygen atoms in total. The number of amides is 2. The molecule has 158 valence electrons. The zero-order valence-electron chi connectivity index (χ0n) is 17.3. The number of carbonyl (C=O) groups excluding carboxylic acids is 3. The predicted octanol–water partition coefficient (Wildman–Crippen LogP) is 3.76. The minimum absolute atomic E-state index is 0.135. The van der Waals surface area contributed by atoms with Crippen molar-refractivity contribution in [1.82, 2.24) is 4.90 Å². The summed E-state index contributed by atoms with van der Waals surface area (Å²) in [6.07, 6.45) is 3.77. The molecule has 2 saturated heterocycles. The summed E-state index contributed by atoms with van der Waals surface area (Å²) in [6.45, 7) is 3.28. The van der Waals surface area contributed by atoms with E-state index in [1.165, 1.54) is 18.9 Å². The van der Waals surface area contributed by atoms with Gasteiger partial charge in [0.15, 0.2) is 5.78 Å². The summed E-state index contributed by atoms with van der Waals surface area (Å²) >= 11 is 6.22. The summed E-state index contributed by atoms with van der Waals surface area (Å²) in [6, 6.07) is 10.0. The molecule has 0 unspecified atom stereocenters. The SMILES string of the molecule is COc1cc(Cl)c(C)cc1N1C(=O)[C@@H]2[C@H](C1=O)[C@H]1c3ccccc3C=CN1[C@@H]2C(C)=O. The number of hydrogen-bond donors (Lipinski definition) is 0. The van der Waals surface area contributed by atoms with Crippen LogP contribution < -0.4 is 9.64 Å². The Bertz CT molecular complexity index is 1170. The van der Waals surface area contributed by atoms with E-state index in [0.29, 0.717) is 16.5 Å². The molecule has 0 saturated carbocycles. The number of carbonyl (C=O) groups is 3. The first-order chi connectivity index (χ1) is 14.8. The molecule has 2 aromatic carbocycles. The summed E-state index contributed by atoms with van der Waals surface area (Å²) in [7, 11) is 1.47. The lowest BCUT2D eigenvalue weighted by Crippen LogP contribution is -2.43. The highest BCUT2D eigenvalue weighted by molar-refractivity contribution is 6.32. The van der Waals surface area contributed by atoms with Gasteiger partial charge in [0, 0.05) is 17.3 Å². The van der Waals surface area contributed by atoms with Gasteiger partial charge in [-0.25, -0.2) is 4.90 Å². The standard InChI is InChI=1S/C24H21ClN2O4/c1-12-10-17(18(31-3)11-16(12)25)27-23(29)19-20(24(27)30)22-15-7-5-4-6-14(15)8-9-26(22)21(19)13(2)28/h4-11,19-22H,1-3H3/t19-,20+,21-,22-/m1/s1.